The largest absolute Gasteiger partial charge is 0.424 e. The third-order valence-electron chi connectivity index (χ3n) is 2.96. The molecule has 2 rings (SSSR count). The third-order valence-corrected chi connectivity index (χ3v) is 2.96. The summed E-state index contributed by atoms with van der Waals surface area (Å²) in [6, 6.07) is 10.3. The second-order valence-electron chi connectivity index (χ2n) is 5.15. The number of benzene rings is 1. The molecule has 1 N–H and O–H groups in total. The molecule has 1 heterocycles. The maximum atomic E-state index is 5.74. The van der Waals surface area contributed by atoms with Crippen LogP contribution in [0.3, 0.4) is 0 Å². The van der Waals surface area contributed by atoms with Gasteiger partial charge in [-0.1, -0.05) is 26.0 Å². The first-order valence-electron chi connectivity index (χ1n) is 6.85. The van der Waals surface area contributed by atoms with Crippen LogP contribution in [-0.2, 0) is 6.54 Å². The van der Waals surface area contributed by atoms with Gasteiger partial charge in [0.25, 0.3) is 0 Å². The first-order valence-corrected chi connectivity index (χ1v) is 6.85. The molecule has 0 unspecified atom stereocenters. The number of aryl methyl sites for hydroxylation is 1. The van der Waals surface area contributed by atoms with Crippen molar-refractivity contribution in [3.8, 4) is 11.8 Å². The first kappa shape index (κ1) is 14.5. The molecule has 0 saturated carbocycles. The molecule has 0 aliphatic rings. The van der Waals surface area contributed by atoms with Gasteiger partial charge in [-0.25, -0.2) is 4.98 Å². The summed E-state index contributed by atoms with van der Waals surface area (Å²) in [5.41, 5.74) is 3.14. The van der Waals surface area contributed by atoms with Gasteiger partial charge in [-0.2, -0.15) is 4.98 Å². The summed E-state index contributed by atoms with van der Waals surface area (Å²) < 4.78 is 5.74. The van der Waals surface area contributed by atoms with Gasteiger partial charge in [0, 0.05) is 12.2 Å². The predicted octanol–water partition coefficient (Wildman–Crippen LogP) is 3.42. The summed E-state index contributed by atoms with van der Waals surface area (Å²) in [6.07, 6.45) is 0. The summed E-state index contributed by atoms with van der Waals surface area (Å²) in [7, 11) is 1.93. The van der Waals surface area contributed by atoms with Crippen LogP contribution in [0.25, 0.3) is 0 Å². The monoisotopic (exact) mass is 271 g/mol. The van der Waals surface area contributed by atoms with E-state index < -0.39 is 0 Å². The van der Waals surface area contributed by atoms with Gasteiger partial charge in [0.05, 0.1) is 5.69 Å². The quantitative estimate of drug-likeness (QED) is 0.905. The number of nitrogens with zero attached hydrogens (tertiary/aromatic N) is 2. The molecule has 0 aliphatic heterocycles. The molecule has 1 aromatic heterocycles. The smallest absolute Gasteiger partial charge is 0.322 e. The topological polar surface area (TPSA) is 47.0 Å². The molecule has 4 nitrogen and oxygen atoms in total. The van der Waals surface area contributed by atoms with Gasteiger partial charge in [0.2, 0.25) is 0 Å². The van der Waals surface area contributed by atoms with E-state index >= 15 is 0 Å². The van der Waals surface area contributed by atoms with Crippen molar-refractivity contribution in [3.05, 3.63) is 47.3 Å². The number of hydrogen-bond donors (Lipinski definition) is 1. The van der Waals surface area contributed by atoms with Crippen LogP contribution in [-0.4, -0.2) is 17.0 Å². The van der Waals surface area contributed by atoms with Crippen molar-refractivity contribution in [2.24, 2.45) is 0 Å². The summed E-state index contributed by atoms with van der Waals surface area (Å²) in [6.45, 7) is 7.02. The Morgan fingerprint density at radius 1 is 1.15 bits per heavy atom. The fourth-order valence-electron chi connectivity index (χ4n) is 1.89. The van der Waals surface area contributed by atoms with E-state index in [-0.39, 0.29) is 0 Å². The minimum Gasteiger partial charge on any atom is -0.424 e. The lowest BCUT2D eigenvalue weighted by atomic mass is 10.1. The molecule has 0 radical (unpaired) electrons. The Bertz CT molecular complexity index is 564. The van der Waals surface area contributed by atoms with Crippen LogP contribution in [0, 0.1) is 6.92 Å². The molecule has 20 heavy (non-hydrogen) atoms. The van der Waals surface area contributed by atoms with E-state index in [9.17, 15) is 0 Å². The third kappa shape index (κ3) is 3.78. The SMILES string of the molecule is CNCc1ccc(Oc2nc(C)cc(C(C)C)n2)cc1. The van der Waals surface area contributed by atoms with Crippen LogP contribution in [0.4, 0.5) is 0 Å². The van der Waals surface area contributed by atoms with Crippen molar-refractivity contribution in [1.82, 2.24) is 15.3 Å². The second-order valence-corrected chi connectivity index (χ2v) is 5.15. The molecule has 0 bridgehead atoms. The van der Waals surface area contributed by atoms with Crippen molar-refractivity contribution in [2.75, 3.05) is 7.05 Å². The molecule has 2 aromatic rings. The Hall–Kier alpha value is -1.94. The van der Waals surface area contributed by atoms with Gasteiger partial charge >= 0.3 is 6.01 Å². The zero-order chi connectivity index (χ0) is 14.5. The zero-order valence-electron chi connectivity index (χ0n) is 12.5. The molecular formula is C16H21N3O. The zero-order valence-corrected chi connectivity index (χ0v) is 12.5. The Morgan fingerprint density at radius 3 is 2.45 bits per heavy atom. The Balaban J connectivity index is 2.16. The van der Waals surface area contributed by atoms with E-state index in [2.05, 4.69) is 29.1 Å². The van der Waals surface area contributed by atoms with Gasteiger partial charge < -0.3 is 10.1 Å². The maximum absolute atomic E-state index is 5.74. The minimum atomic E-state index is 0.358. The van der Waals surface area contributed by atoms with Crippen LogP contribution in [0.15, 0.2) is 30.3 Å². The summed E-state index contributed by atoms with van der Waals surface area (Å²) in [5.74, 6) is 1.11. The van der Waals surface area contributed by atoms with Crippen molar-refractivity contribution >= 4 is 0 Å². The minimum absolute atomic E-state index is 0.358. The lowest BCUT2D eigenvalue weighted by molar-refractivity contribution is 0.436. The van der Waals surface area contributed by atoms with Crippen molar-refractivity contribution in [3.63, 3.8) is 0 Å². The van der Waals surface area contributed by atoms with Crippen molar-refractivity contribution in [2.45, 2.75) is 33.2 Å². The molecule has 0 spiro atoms. The second kappa shape index (κ2) is 6.48. The van der Waals surface area contributed by atoms with Gasteiger partial charge in [-0.05, 0) is 43.7 Å². The average molecular weight is 271 g/mol. The maximum Gasteiger partial charge on any atom is 0.322 e. The molecular weight excluding hydrogens is 250 g/mol. The number of hydrogen-bond acceptors (Lipinski definition) is 4. The van der Waals surface area contributed by atoms with Crippen LogP contribution in [0.1, 0.15) is 36.7 Å². The van der Waals surface area contributed by atoms with Crippen molar-refractivity contribution < 1.29 is 4.74 Å². The van der Waals surface area contributed by atoms with Crippen LogP contribution < -0.4 is 10.1 Å². The predicted molar refractivity (Wildman–Crippen MR) is 80.1 cm³/mol. The van der Waals surface area contributed by atoms with E-state index in [1.54, 1.807) is 0 Å². The highest BCUT2D eigenvalue weighted by Crippen LogP contribution is 2.21. The molecule has 4 heteroatoms. The summed E-state index contributed by atoms with van der Waals surface area (Å²) >= 11 is 0. The van der Waals surface area contributed by atoms with E-state index in [1.807, 2.05) is 44.3 Å². The Kier molecular flexibility index (Phi) is 4.69. The molecule has 0 atom stereocenters. The number of nitrogens with one attached hydrogen (secondary N) is 1. The fraction of sp³-hybridized carbons (Fsp3) is 0.375. The summed E-state index contributed by atoms with van der Waals surface area (Å²) in [4.78, 5) is 8.77. The Labute approximate surface area is 120 Å². The highest BCUT2D eigenvalue weighted by Gasteiger charge is 2.07. The van der Waals surface area contributed by atoms with Gasteiger partial charge in [-0.15, -0.1) is 0 Å². The summed E-state index contributed by atoms with van der Waals surface area (Å²) in [5, 5.41) is 3.12. The van der Waals surface area contributed by atoms with Crippen LogP contribution >= 0.6 is 0 Å². The highest BCUT2D eigenvalue weighted by molar-refractivity contribution is 5.29. The highest BCUT2D eigenvalue weighted by atomic mass is 16.5. The van der Waals surface area contributed by atoms with Crippen LogP contribution in [0.5, 0.6) is 11.8 Å². The molecule has 0 saturated heterocycles. The standard InChI is InChI=1S/C16H21N3O/c1-11(2)15-9-12(3)18-16(19-15)20-14-7-5-13(6-8-14)10-17-4/h5-9,11,17H,10H2,1-4H3. The van der Waals surface area contributed by atoms with Gasteiger partial charge in [0.1, 0.15) is 5.75 Å². The van der Waals surface area contributed by atoms with Crippen LogP contribution in [0.2, 0.25) is 0 Å². The molecule has 0 amide bonds. The normalized spacial score (nSPS) is 10.8. The van der Waals surface area contributed by atoms with Gasteiger partial charge in [-0.3, -0.25) is 0 Å². The molecule has 0 fully saturated rings. The number of ether oxygens (including phenoxy) is 1. The van der Waals surface area contributed by atoms with E-state index in [1.165, 1.54) is 5.56 Å². The lowest BCUT2D eigenvalue weighted by Gasteiger charge is -2.09. The van der Waals surface area contributed by atoms with Gasteiger partial charge in [0.15, 0.2) is 0 Å². The number of aromatic nitrogens is 2. The Morgan fingerprint density at radius 2 is 1.85 bits per heavy atom. The lowest BCUT2D eigenvalue weighted by Crippen LogP contribution is -2.04. The van der Waals surface area contributed by atoms with E-state index in [0.717, 1.165) is 23.7 Å². The molecule has 106 valence electrons. The van der Waals surface area contributed by atoms with E-state index in [0.29, 0.717) is 11.9 Å². The molecule has 1 aromatic carbocycles. The van der Waals surface area contributed by atoms with E-state index in [4.69, 9.17) is 4.74 Å². The van der Waals surface area contributed by atoms with Crippen molar-refractivity contribution in [1.29, 1.82) is 0 Å². The average Bonchev–Trinajstić information content (AvgIpc) is 2.40. The number of rotatable bonds is 5. The fourth-order valence-corrected chi connectivity index (χ4v) is 1.89. The molecule has 0 aliphatic carbocycles. The first-order chi connectivity index (χ1) is 9.58.